The van der Waals surface area contributed by atoms with Crippen molar-refractivity contribution in [3.05, 3.63) is 24.7 Å². The van der Waals surface area contributed by atoms with Gasteiger partial charge in [-0.25, -0.2) is 0 Å². The quantitative estimate of drug-likeness (QED) is 0.358. The van der Waals surface area contributed by atoms with Gasteiger partial charge in [-0.3, -0.25) is 0 Å². The van der Waals surface area contributed by atoms with Crippen molar-refractivity contribution in [2.75, 3.05) is 19.6 Å². The minimum atomic E-state index is -2.21. The molecule has 100 valence electrons. The van der Waals surface area contributed by atoms with E-state index in [9.17, 15) is 0 Å². The lowest BCUT2D eigenvalue weighted by Gasteiger charge is -2.28. The van der Waals surface area contributed by atoms with Crippen molar-refractivity contribution in [1.29, 1.82) is 0 Å². The average molecular weight is 258 g/mol. The first-order valence-electron chi connectivity index (χ1n) is 5.99. The van der Waals surface area contributed by atoms with Crippen molar-refractivity contribution in [3.63, 3.8) is 0 Å². The van der Waals surface area contributed by atoms with Gasteiger partial charge in [0.05, 0.1) is 11.5 Å². The van der Waals surface area contributed by atoms with E-state index in [1.165, 1.54) is 0 Å². The molecule has 0 radical (unpaired) electrons. The molecule has 0 aromatic heterocycles. The Morgan fingerprint density at radius 2 is 1.71 bits per heavy atom. The van der Waals surface area contributed by atoms with Crippen LogP contribution in [-0.2, 0) is 8.85 Å². The van der Waals surface area contributed by atoms with E-state index in [1.807, 2.05) is 20.4 Å². The summed E-state index contributed by atoms with van der Waals surface area (Å²) in [5.41, 5.74) is 5.40. The van der Waals surface area contributed by atoms with Gasteiger partial charge in [0.15, 0.2) is 0 Å². The van der Waals surface area contributed by atoms with Crippen molar-refractivity contribution in [3.8, 4) is 0 Å². The van der Waals surface area contributed by atoms with Gasteiger partial charge in [0.25, 0.3) is 0 Å². The van der Waals surface area contributed by atoms with E-state index >= 15 is 0 Å². The number of nitrogens with one attached hydrogen (secondary N) is 1. The number of allylic oxidation sites excluding steroid dienone is 2. The van der Waals surface area contributed by atoms with Crippen molar-refractivity contribution in [1.82, 2.24) is 5.32 Å². The molecule has 0 rings (SSSR count). The van der Waals surface area contributed by atoms with Crippen LogP contribution in [0, 0.1) is 0 Å². The highest BCUT2D eigenvalue weighted by molar-refractivity contribution is 6.66. The summed E-state index contributed by atoms with van der Waals surface area (Å²) in [6.45, 7) is 15.7. The van der Waals surface area contributed by atoms with Gasteiger partial charge < -0.3 is 19.9 Å². The highest BCUT2D eigenvalue weighted by Gasteiger charge is 2.34. The fraction of sp³-hybridized carbons (Fsp3) is 0.667. The molecular formula is C12H26N2O2Si. The highest BCUT2D eigenvalue weighted by atomic mass is 28.4. The smallest absolute Gasteiger partial charge is 0.456 e. The van der Waals surface area contributed by atoms with Crippen molar-refractivity contribution in [2.24, 2.45) is 5.73 Å². The maximum Gasteiger partial charge on any atom is 0.456 e. The van der Waals surface area contributed by atoms with Crippen LogP contribution in [0.5, 0.6) is 0 Å². The summed E-state index contributed by atoms with van der Waals surface area (Å²) >= 11 is 0. The summed E-state index contributed by atoms with van der Waals surface area (Å²) in [6, 6.07) is 0.907. The predicted molar refractivity (Wildman–Crippen MR) is 74.8 cm³/mol. The second kappa shape index (κ2) is 8.33. The van der Waals surface area contributed by atoms with Gasteiger partial charge in [-0.05, 0) is 26.8 Å². The van der Waals surface area contributed by atoms with Crippen molar-refractivity contribution >= 4 is 8.56 Å². The van der Waals surface area contributed by atoms with Crippen LogP contribution in [0.25, 0.3) is 0 Å². The molecule has 17 heavy (non-hydrogen) atoms. The van der Waals surface area contributed by atoms with E-state index in [-0.39, 0.29) is 0 Å². The Bertz CT molecular complexity index is 241. The SMILES string of the molecule is C=C(C)O[Si](C)(CCCNCCN)OC(=C)C. The number of hydrogen-bond acceptors (Lipinski definition) is 4. The van der Waals surface area contributed by atoms with E-state index in [4.69, 9.17) is 14.6 Å². The van der Waals surface area contributed by atoms with E-state index in [0.717, 1.165) is 25.6 Å². The van der Waals surface area contributed by atoms with E-state index < -0.39 is 8.56 Å². The normalized spacial score (nSPS) is 11.1. The molecule has 3 N–H and O–H groups in total. The fourth-order valence-electron chi connectivity index (χ4n) is 1.62. The van der Waals surface area contributed by atoms with Gasteiger partial charge in [0.1, 0.15) is 0 Å². The molecule has 0 aromatic rings. The van der Waals surface area contributed by atoms with Crippen LogP contribution in [0.2, 0.25) is 12.6 Å². The Kier molecular flexibility index (Phi) is 7.94. The zero-order chi connectivity index (χ0) is 13.3. The standard InChI is InChI=1S/C12H26N2O2Si/c1-11(2)15-17(5,16-12(3)4)10-6-8-14-9-7-13/h14H,1,3,6-10,13H2,2,4-5H3. The Hall–Kier alpha value is -0.783. The second-order valence-corrected chi connectivity index (χ2v) is 7.56. The molecule has 0 fully saturated rings. The average Bonchev–Trinajstić information content (AvgIpc) is 2.14. The molecule has 0 saturated heterocycles. The minimum absolute atomic E-state index is 0.666. The molecule has 0 saturated carbocycles. The monoisotopic (exact) mass is 258 g/mol. The topological polar surface area (TPSA) is 56.5 Å². The summed E-state index contributed by atoms with van der Waals surface area (Å²) in [4.78, 5) is 0. The Labute approximate surface area is 106 Å². The van der Waals surface area contributed by atoms with E-state index in [0.29, 0.717) is 18.1 Å². The summed E-state index contributed by atoms with van der Waals surface area (Å²) in [5.74, 6) is 1.41. The van der Waals surface area contributed by atoms with Gasteiger partial charge in [0.2, 0.25) is 0 Å². The van der Waals surface area contributed by atoms with Crippen LogP contribution in [0.4, 0.5) is 0 Å². The van der Waals surface area contributed by atoms with Crippen LogP contribution < -0.4 is 11.1 Å². The molecule has 0 bridgehead atoms. The summed E-state index contributed by atoms with van der Waals surface area (Å²) in [7, 11) is -2.21. The summed E-state index contributed by atoms with van der Waals surface area (Å²) < 4.78 is 11.5. The third-order valence-electron chi connectivity index (χ3n) is 2.09. The fourth-order valence-corrected chi connectivity index (χ4v) is 4.16. The molecule has 0 spiro atoms. The van der Waals surface area contributed by atoms with Crippen LogP contribution >= 0.6 is 0 Å². The van der Waals surface area contributed by atoms with Gasteiger partial charge in [-0.15, -0.1) is 0 Å². The molecule has 0 aliphatic carbocycles. The summed E-state index contributed by atoms with van der Waals surface area (Å²) in [5, 5.41) is 3.26. The number of hydrogen-bond donors (Lipinski definition) is 2. The predicted octanol–water partition coefficient (Wildman–Crippen LogP) is 2.10. The lowest BCUT2D eigenvalue weighted by Crippen LogP contribution is -2.38. The van der Waals surface area contributed by atoms with Crippen LogP contribution in [0.15, 0.2) is 24.7 Å². The zero-order valence-corrected chi connectivity index (χ0v) is 12.3. The van der Waals surface area contributed by atoms with Crippen LogP contribution in [-0.4, -0.2) is 28.2 Å². The molecule has 0 aliphatic heterocycles. The van der Waals surface area contributed by atoms with Crippen LogP contribution in [0.1, 0.15) is 20.3 Å². The molecular weight excluding hydrogens is 232 g/mol. The van der Waals surface area contributed by atoms with Gasteiger partial charge in [0, 0.05) is 25.7 Å². The number of nitrogens with two attached hydrogens (primary N) is 1. The minimum Gasteiger partial charge on any atom is -0.517 e. The Balaban J connectivity index is 4.09. The first-order chi connectivity index (χ1) is 7.89. The molecule has 0 aliphatic rings. The Morgan fingerprint density at radius 3 is 2.12 bits per heavy atom. The number of rotatable bonds is 10. The molecule has 0 aromatic carbocycles. The molecule has 0 heterocycles. The van der Waals surface area contributed by atoms with Crippen molar-refractivity contribution < 1.29 is 8.85 Å². The molecule has 0 unspecified atom stereocenters. The molecule has 5 heteroatoms. The van der Waals surface area contributed by atoms with E-state index in [1.54, 1.807) is 0 Å². The van der Waals surface area contributed by atoms with E-state index in [2.05, 4.69) is 18.5 Å². The third kappa shape index (κ3) is 8.97. The maximum atomic E-state index is 5.76. The molecule has 0 amide bonds. The Morgan fingerprint density at radius 1 is 1.18 bits per heavy atom. The van der Waals surface area contributed by atoms with Gasteiger partial charge in [-0.1, -0.05) is 13.2 Å². The first kappa shape index (κ1) is 16.2. The van der Waals surface area contributed by atoms with Crippen LogP contribution in [0.3, 0.4) is 0 Å². The lowest BCUT2D eigenvalue weighted by atomic mass is 10.5. The maximum absolute atomic E-state index is 5.76. The van der Waals surface area contributed by atoms with Crippen molar-refractivity contribution in [2.45, 2.75) is 32.9 Å². The highest BCUT2D eigenvalue weighted by Crippen LogP contribution is 2.21. The zero-order valence-electron chi connectivity index (χ0n) is 11.3. The third-order valence-corrected chi connectivity index (χ3v) is 4.91. The van der Waals surface area contributed by atoms with Gasteiger partial charge >= 0.3 is 8.56 Å². The first-order valence-corrected chi connectivity index (χ1v) is 8.52. The molecule has 4 nitrogen and oxygen atoms in total. The largest absolute Gasteiger partial charge is 0.517 e. The molecule has 0 atom stereocenters. The van der Waals surface area contributed by atoms with Gasteiger partial charge in [-0.2, -0.15) is 0 Å². The second-order valence-electron chi connectivity index (χ2n) is 4.38. The lowest BCUT2D eigenvalue weighted by molar-refractivity contribution is 0.267. The summed E-state index contributed by atoms with van der Waals surface area (Å²) in [6.07, 6.45) is 1.00.